The Morgan fingerprint density at radius 1 is 0.935 bits per heavy atom. The lowest BCUT2D eigenvalue weighted by atomic mass is 10.0. The Bertz CT molecular complexity index is 1300. The van der Waals surface area contributed by atoms with Gasteiger partial charge in [0.15, 0.2) is 17.3 Å². The van der Waals surface area contributed by atoms with Gasteiger partial charge < -0.3 is 14.2 Å². The molecule has 0 aliphatic rings. The lowest BCUT2D eigenvalue weighted by Gasteiger charge is -2.08. The van der Waals surface area contributed by atoms with Gasteiger partial charge in [0, 0.05) is 11.5 Å². The second-order valence-electron chi connectivity index (χ2n) is 6.65. The van der Waals surface area contributed by atoms with Crippen molar-refractivity contribution in [1.29, 1.82) is 0 Å². The summed E-state index contributed by atoms with van der Waals surface area (Å²) in [6.07, 6.45) is 0. The molecule has 3 aromatic carbocycles. The minimum atomic E-state index is -0.581. The highest BCUT2D eigenvalue weighted by atomic mass is 35.5. The summed E-state index contributed by atoms with van der Waals surface area (Å²) in [7, 11) is 4.23. The Hall–Kier alpha value is -3.58. The van der Waals surface area contributed by atoms with Crippen LogP contribution in [0.2, 0.25) is 5.02 Å². The van der Waals surface area contributed by atoms with Crippen molar-refractivity contribution in [2.75, 3.05) is 21.3 Å². The van der Waals surface area contributed by atoms with E-state index in [2.05, 4.69) is 5.10 Å². The summed E-state index contributed by atoms with van der Waals surface area (Å²) < 4.78 is 30.6. The van der Waals surface area contributed by atoms with E-state index in [1.54, 1.807) is 30.0 Å². The number of halogens is 2. The van der Waals surface area contributed by atoms with Gasteiger partial charge in [-0.2, -0.15) is 5.10 Å². The summed E-state index contributed by atoms with van der Waals surface area (Å²) in [5.41, 5.74) is 3.01. The summed E-state index contributed by atoms with van der Waals surface area (Å²) in [6, 6.07) is 15.4. The minimum Gasteiger partial charge on any atom is -0.495 e. The predicted octanol–water partition coefficient (Wildman–Crippen LogP) is 5.29. The molecule has 0 fully saturated rings. The average molecular weight is 441 g/mol. The van der Waals surface area contributed by atoms with Crippen LogP contribution < -0.4 is 9.47 Å². The minimum absolute atomic E-state index is 0.0743. The van der Waals surface area contributed by atoms with Crippen LogP contribution in [0.5, 0.6) is 11.5 Å². The molecule has 31 heavy (non-hydrogen) atoms. The Morgan fingerprint density at radius 3 is 2.32 bits per heavy atom. The number of carbonyl (C=O) groups excluding carboxylic acids is 1. The summed E-state index contributed by atoms with van der Waals surface area (Å²) in [5, 5.41) is 5.49. The number of aromatic nitrogens is 2. The molecule has 0 spiro atoms. The van der Waals surface area contributed by atoms with Gasteiger partial charge in [0.2, 0.25) is 0 Å². The first kappa shape index (κ1) is 20.7. The largest absolute Gasteiger partial charge is 0.495 e. The number of methoxy groups -OCH3 is 3. The molecule has 0 amide bonds. The number of hydrogen-bond donors (Lipinski definition) is 0. The zero-order valence-electron chi connectivity index (χ0n) is 17.0. The molecule has 158 valence electrons. The molecule has 0 bridgehead atoms. The molecule has 0 radical (unpaired) electrons. The second-order valence-corrected chi connectivity index (χ2v) is 7.06. The Labute approximate surface area is 182 Å². The van der Waals surface area contributed by atoms with E-state index < -0.39 is 11.8 Å². The van der Waals surface area contributed by atoms with Crippen molar-refractivity contribution in [2.45, 2.75) is 0 Å². The molecule has 0 aliphatic carbocycles. The lowest BCUT2D eigenvalue weighted by molar-refractivity contribution is 0.0595. The number of rotatable bonds is 5. The van der Waals surface area contributed by atoms with Crippen LogP contribution in [-0.4, -0.2) is 37.1 Å². The van der Waals surface area contributed by atoms with Gasteiger partial charge >= 0.3 is 5.97 Å². The summed E-state index contributed by atoms with van der Waals surface area (Å²) in [6.45, 7) is 0. The topological polar surface area (TPSA) is 62.6 Å². The molecule has 8 heteroatoms. The van der Waals surface area contributed by atoms with Gasteiger partial charge in [-0.1, -0.05) is 23.7 Å². The Balaban J connectivity index is 1.91. The van der Waals surface area contributed by atoms with Crippen LogP contribution >= 0.6 is 11.6 Å². The number of benzene rings is 3. The third-order valence-corrected chi connectivity index (χ3v) is 5.22. The summed E-state index contributed by atoms with van der Waals surface area (Å²) in [5.74, 6) is -0.428. The normalized spacial score (nSPS) is 10.9. The molecule has 0 atom stereocenters. The molecule has 0 saturated heterocycles. The third kappa shape index (κ3) is 3.68. The van der Waals surface area contributed by atoms with Crippen molar-refractivity contribution < 1.29 is 23.4 Å². The number of ether oxygens (including phenoxy) is 3. The average Bonchev–Trinajstić information content (AvgIpc) is 3.17. The van der Waals surface area contributed by atoms with Gasteiger partial charge in [-0.05, 0) is 47.5 Å². The molecule has 0 saturated carbocycles. The Morgan fingerprint density at radius 2 is 1.65 bits per heavy atom. The van der Waals surface area contributed by atoms with Crippen LogP contribution in [0.3, 0.4) is 0 Å². The lowest BCUT2D eigenvalue weighted by Crippen LogP contribution is -2.04. The summed E-state index contributed by atoms with van der Waals surface area (Å²) >= 11 is 6.27. The zero-order valence-corrected chi connectivity index (χ0v) is 17.7. The number of fused-ring (bicyclic) bond motifs is 1. The molecule has 0 aliphatic heterocycles. The quantitative estimate of drug-likeness (QED) is 0.395. The fourth-order valence-corrected chi connectivity index (χ4v) is 3.63. The third-order valence-electron chi connectivity index (χ3n) is 4.92. The SMILES string of the molecule is COC(=O)c1nn(-c2ccc(F)c(OC)c2)c2ccc(-c3ccc(OC)c(Cl)c3)cc12. The molecule has 1 aromatic heterocycles. The van der Waals surface area contributed by atoms with E-state index in [-0.39, 0.29) is 11.4 Å². The first-order valence-corrected chi connectivity index (χ1v) is 9.63. The zero-order chi connectivity index (χ0) is 22.1. The second kappa shape index (κ2) is 8.28. The fraction of sp³-hybridized carbons (Fsp3) is 0.130. The summed E-state index contributed by atoms with van der Waals surface area (Å²) in [4.78, 5) is 12.4. The monoisotopic (exact) mass is 440 g/mol. The van der Waals surface area contributed by atoms with Crippen LogP contribution in [0, 0.1) is 5.82 Å². The van der Waals surface area contributed by atoms with Crippen molar-refractivity contribution in [3.05, 3.63) is 71.1 Å². The van der Waals surface area contributed by atoms with E-state index in [1.165, 1.54) is 26.4 Å². The highest BCUT2D eigenvalue weighted by molar-refractivity contribution is 6.32. The molecule has 0 N–H and O–H groups in total. The maximum Gasteiger partial charge on any atom is 0.359 e. The van der Waals surface area contributed by atoms with Crippen molar-refractivity contribution in [2.24, 2.45) is 0 Å². The van der Waals surface area contributed by atoms with Gasteiger partial charge in [-0.15, -0.1) is 0 Å². The molecule has 4 aromatic rings. The van der Waals surface area contributed by atoms with Gasteiger partial charge in [-0.25, -0.2) is 13.9 Å². The van der Waals surface area contributed by atoms with E-state index in [4.69, 9.17) is 25.8 Å². The van der Waals surface area contributed by atoms with E-state index in [0.29, 0.717) is 27.4 Å². The number of esters is 1. The number of carbonyl (C=O) groups is 1. The Kier molecular flexibility index (Phi) is 5.52. The van der Waals surface area contributed by atoms with Crippen LogP contribution in [0.15, 0.2) is 54.6 Å². The number of hydrogen-bond acceptors (Lipinski definition) is 5. The van der Waals surface area contributed by atoms with Crippen molar-refractivity contribution in [3.63, 3.8) is 0 Å². The molecular formula is C23H18ClFN2O4. The van der Waals surface area contributed by atoms with E-state index in [0.717, 1.165) is 11.1 Å². The first-order chi connectivity index (χ1) is 15.0. The predicted molar refractivity (Wildman–Crippen MR) is 116 cm³/mol. The highest BCUT2D eigenvalue weighted by Crippen LogP contribution is 2.33. The fourth-order valence-electron chi connectivity index (χ4n) is 3.37. The van der Waals surface area contributed by atoms with Gasteiger partial charge in [0.05, 0.1) is 37.6 Å². The standard InChI is InChI=1S/C23H18ClFN2O4/c1-29-20-9-5-14(11-17(20)24)13-4-8-19-16(10-13)22(23(28)31-3)26-27(19)15-6-7-18(25)21(12-15)30-2/h4-12H,1-3H3. The molecule has 4 rings (SSSR count). The highest BCUT2D eigenvalue weighted by Gasteiger charge is 2.20. The first-order valence-electron chi connectivity index (χ1n) is 9.25. The van der Waals surface area contributed by atoms with Gasteiger partial charge in [0.25, 0.3) is 0 Å². The van der Waals surface area contributed by atoms with Crippen molar-refractivity contribution in [1.82, 2.24) is 9.78 Å². The van der Waals surface area contributed by atoms with E-state index in [1.807, 2.05) is 24.3 Å². The van der Waals surface area contributed by atoms with Gasteiger partial charge in [0.1, 0.15) is 5.75 Å². The maximum atomic E-state index is 13.9. The van der Waals surface area contributed by atoms with E-state index in [9.17, 15) is 9.18 Å². The van der Waals surface area contributed by atoms with Crippen molar-refractivity contribution >= 4 is 28.5 Å². The van der Waals surface area contributed by atoms with Crippen LogP contribution in [-0.2, 0) is 4.74 Å². The number of nitrogens with zero attached hydrogens (tertiary/aromatic N) is 2. The van der Waals surface area contributed by atoms with Crippen LogP contribution in [0.1, 0.15) is 10.5 Å². The maximum absolute atomic E-state index is 13.9. The molecule has 6 nitrogen and oxygen atoms in total. The van der Waals surface area contributed by atoms with Crippen LogP contribution in [0.4, 0.5) is 4.39 Å². The molecular weight excluding hydrogens is 423 g/mol. The molecule has 0 unspecified atom stereocenters. The van der Waals surface area contributed by atoms with Gasteiger partial charge in [-0.3, -0.25) is 0 Å². The van der Waals surface area contributed by atoms with Crippen LogP contribution in [0.25, 0.3) is 27.7 Å². The van der Waals surface area contributed by atoms with E-state index >= 15 is 0 Å². The molecule has 1 heterocycles. The smallest absolute Gasteiger partial charge is 0.359 e. The van der Waals surface area contributed by atoms with Crippen molar-refractivity contribution in [3.8, 4) is 28.3 Å².